The van der Waals surface area contributed by atoms with Crippen molar-refractivity contribution in [2.75, 3.05) is 18.4 Å². The normalized spacial score (nSPS) is 17.2. The Morgan fingerprint density at radius 1 is 1.03 bits per heavy atom. The van der Waals surface area contributed by atoms with Crippen LogP contribution in [0.25, 0.3) is 0 Å². The number of anilines is 1. The Hall–Kier alpha value is -2.97. The van der Waals surface area contributed by atoms with E-state index in [-0.39, 0.29) is 36.6 Å². The number of rotatable bonds is 8. The van der Waals surface area contributed by atoms with Gasteiger partial charge in [-0.05, 0) is 42.2 Å². The zero-order chi connectivity index (χ0) is 23.0. The molecule has 1 aliphatic rings. The average Bonchev–Trinajstić information content (AvgIpc) is 3.02. The van der Waals surface area contributed by atoms with Crippen LogP contribution in [0.1, 0.15) is 30.4 Å². The van der Waals surface area contributed by atoms with Crippen LogP contribution >= 0.6 is 0 Å². The number of carbonyl (C=O) groups excluding carboxylic acids is 2. The summed E-state index contributed by atoms with van der Waals surface area (Å²) in [7, 11) is -3.54. The number of carbonyl (C=O) groups is 2. The molecule has 1 unspecified atom stereocenters. The van der Waals surface area contributed by atoms with Crippen molar-refractivity contribution in [1.82, 2.24) is 9.62 Å². The molecule has 0 bridgehead atoms. The molecule has 8 heteroatoms. The topological polar surface area (TPSA) is 95.6 Å². The zero-order valence-corrected chi connectivity index (χ0v) is 18.8. The van der Waals surface area contributed by atoms with E-state index >= 15 is 0 Å². The van der Waals surface area contributed by atoms with Gasteiger partial charge < -0.3 is 10.6 Å². The van der Waals surface area contributed by atoms with Gasteiger partial charge >= 0.3 is 0 Å². The summed E-state index contributed by atoms with van der Waals surface area (Å²) >= 11 is 0. The van der Waals surface area contributed by atoms with Crippen molar-refractivity contribution in [3.05, 3.63) is 78.4 Å². The van der Waals surface area contributed by atoms with E-state index in [1.807, 2.05) is 30.3 Å². The van der Waals surface area contributed by atoms with Crippen molar-refractivity contribution in [1.29, 1.82) is 0 Å². The largest absolute Gasteiger partial charge is 0.349 e. The monoisotopic (exact) mass is 455 g/mol. The maximum atomic E-state index is 13.0. The van der Waals surface area contributed by atoms with Gasteiger partial charge in [-0.2, -0.15) is 4.31 Å². The third kappa shape index (κ3) is 7.03. The van der Waals surface area contributed by atoms with E-state index < -0.39 is 10.0 Å². The Bertz CT molecular complexity index is 1040. The van der Waals surface area contributed by atoms with Crippen molar-refractivity contribution in [3.63, 3.8) is 0 Å². The lowest BCUT2D eigenvalue weighted by Gasteiger charge is -2.24. The molecule has 2 N–H and O–H groups in total. The molecule has 1 heterocycles. The molecule has 1 atom stereocenters. The molecule has 0 saturated carbocycles. The van der Waals surface area contributed by atoms with Gasteiger partial charge in [0.1, 0.15) is 0 Å². The fourth-order valence-corrected chi connectivity index (χ4v) is 5.32. The van der Waals surface area contributed by atoms with Crippen molar-refractivity contribution in [2.24, 2.45) is 0 Å². The Labute approximate surface area is 189 Å². The lowest BCUT2D eigenvalue weighted by Crippen LogP contribution is -2.44. The maximum absolute atomic E-state index is 13.0. The van der Waals surface area contributed by atoms with Crippen LogP contribution in [0.2, 0.25) is 0 Å². The first-order valence-electron chi connectivity index (χ1n) is 10.7. The first kappa shape index (κ1) is 23.7. The Morgan fingerprint density at radius 3 is 2.44 bits per heavy atom. The summed E-state index contributed by atoms with van der Waals surface area (Å²) in [6.45, 7) is 4.15. The highest BCUT2D eigenvalue weighted by Crippen LogP contribution is 2.19. The number of amides is 2. The first-order valence-corrected chi connectivity index (χ1v) is 12.3. The lowest BCUT2D eigenvalue weighted by atomic mass is 10.1. The predicted molar refractivity (Wildman–Crippen MR) is 125 cm³/mol. The zero-order valence-electron chi connectivity index (χ0n) is 18.0. The van der Waals surface area contributed by atoms with Crippen molar-refractivity contribution >= 4 is 27.5 Å². The molecular weight excluding hydrogens is 426 g/mol. The summed E-state index contributed by atoms with van der Waals surface area (Å²) in [4.78, 5) is 23.8. The van der Waals surface area contributed by atoms with E-state index in [2.05, 4.69) is 17.2 Å². The standard InChI is InChI=1S/C24H29N3O4S/c1-2-23(28)26-22-10-6-7-15-27(17-22)32(30,31)18-20-11-13-21(14-12-20)25-24(29)16-19-8-4-3-5-9-19/h2-5,8-9,11-14,22H,1,6-7,10,15-18H2,(H,25,29)(H,26,28). The second kappa shape index (κ2) is 11.1. The van der Waals surface area contributed by atoms with Crippen molar-refractivity contribution in [2.45, 2.75) is 37.5 Å². The summed E-state index contributed by atoms with van der Waals surface area (Å²) < 4.78 is 27.5. The molecule has 2 aromatic carbocycles. The van der Waals surface area contributed by atoms with Crippen LogP contribution in [0.3, 0.4) is 0 Å². The number of hydrogen-bond donors (Lipinski definition) is 2. The van der Waals surface area contributed by atoms with E-state index in [1.54, 1.807) is 24.3 Å². The number of hydrogen-bond acceptors (Lipinski definition) is 4. The number of sulfonamides is 1. The van der Waals surface area contributed by atoms with Gasteiger partial charge in [0.15, 0.2) is 0 Å². The minimum absolute atomic E-state index is 0.131. The van der Waals surface area contributed by atoms with Gasteiger partial charge in [0, 0.05) is 24.8 Å². The number of nitrogens with one attached hydrogen (secondary N) is 2. The molecule has 1 saturated heterocycles. The van der Waals surface area contributed by atoms with Crippen LogP contribution in [-0.2, 0) is 31.8 Å². The highest BCUT2D eigenvalue weighted by molar-refractivity contribution is 7.88. The van der Waals surface area contributed by atoms with Gasteiger partial charge in [0.05, 0.1) is 12.2 Å². The van der Waals surface area contributed by atoms with Crippen LogP contribution in [-0.4, -0.2) is 43.7 Å². The maximum Gasteiger partial charge on any atom is 0.243 e. The fraction of sp³-hybridized carbons (Fsp3) is 0.333. The molecule has 32 heavy (non-hydrogen) atoms. The smallest absolute Gasteiger partial charge is 0.243 e. The highest BCUT2D eigenvalue weighted by Gasteiger charge is 2.28. The Morgan fingerprint density at radius 2 is 1.75 bits per heavy atom. The second-order valence-electron chi connectivity index (χ2n) is 7.93. The van der Waals surface area contributed by atoms with Gasteiger partial charge in [0.25, 0.3) is 0 Å². The highest BCUT2D eigenvalue weighted by atomic mass is 32.2. The molecule has 2 amide bonds. The predicted octanol–water partition coefficient (Wildman–Crippen LogP) is 2.85. The van der Waals surface area contributed by atoms with Gasteiger partial charge in [0.2, 0.25) is 21.8 Å². The Balaban J connectivity index is 1.59. The van der Waals surface area contributed by atoms with Crippen LogP contribution in [0.5, 0.6) is 0 Å². The summed E-state index contributed by atoms with van der Waals surface area (Å²) in [5, 5.41) is 5.65. The van der Waals surface area contributed by atoms with Gasteiger partial charge in [-0.1, -0.05) is 55.5 Å². The molecule has 0 radical (unpaired) electrons. The third-order valence-corrected chi connectivity index (χ3v) is 7.17. The SMILES string of the molecule is C=CC(=O)NC1CCCCN(S(=O)(=O)Cc2ccc(NC(=O)Cc3ccccc3)cc2)C1. The van der Waals surface area contributed by atoms with Crippen molar-refractivity contribution < 1.29 is 18.0 Å². The third-order valence-electron chi connectivity index (χ3n) is 5.35. The summed E-state index contributed by atoms with van der Waals surface area (Å²) in [6.07, 6.45) is 3.82. The second-order valence-corrected chi connectivity index (χ2v) is 9.90. The molecule has 0 aromatic heterocycles. The quantitative estimate of drug-likeness (QED) is 0.599. The Kier molecular flexibility index (Phi) is 8.19. The van der Waals surface area contributed by atoms with Gasteiger partial charge in [-0.3, -0.25) is 9.59 Å². The number of nitrogens with zero attached hydrogens (tertiary/aromatic N) is 1. The van der Waals surface area contributed by atoms with Crippen LogP contribution < -0.4 is 10.6 Å². The first-order chi connectivity index (χ1) is 15.4. The van der Waals surface area contributed by atoms with E-state index in [4.69, 9.17) is 0 Å². The van der Waals surface area contributed by atoms with E-state index in [9.17, 15) is 18.0 Å². The molecule has 0 aliphatic carbocycles. The van der Waals surface area contributed by atoms with Crippen LogP contribution in [0.15, 0.2) is 67.3 Å². The van der Waals surface area contributed by atoms with E-state index in [1.165, 1.54) is 10.4 Å². The lowest BCUT2D eigenvalue weighted by molar-refractivity contribution is -0.117. The van der Waals surface area contributed by atoms with E-state index in [0.29, 0.717) is 17.8 Å². The molecule has 3 rings (SSSR count). The van der Waals surface area contributed by atoms with Crippen molar-refractivity contribution in [3.8, 4) is 0 Å². The molecule has 1 fully saturated rings. The van der Waals surface area contributed by atoms with E-state index in [0.717, 1.165) is 24.8 Å². The molecule has 170 valence electrons. The molecular formula is C24H29N3O4S. The summed E-state index contributed by atoms with van der Waals surface area (Å²) in [6, 6.07) is 16.1. The minimum atomic E-state index is -3.54. The van der Waals surface area contributed by atoms with Gasteiger partial charge in [-0.25, -0.2) is 8.42 Å². The van der Waals surface area contributed by atoms with Crippen LogP contribution in [0, 0.1) is 0 Å². The summed E-state index contributed by atoms with van der Waals surface area (Å²) in [5.41, 5.74) is 2.18. The molecule has 0 spiro atoms. The number of benzene rings is 2. The minimum Gasteiger partial charge on any atom is -0.349 e. The van der Waals surface area contributed by atoms with Gasteiger partial charge in [-0.15, -0.1) is 0 Å². The van der Waals surface area contributed by atoms with Crippen LogP contribution in [0.4, 0.5) is 5.69 Å². The fourth-order valence-electron chi connectivity index (χ4n) is 3.71. The molecule has 7 nitrogen and oxygen atoms in total. The molecule has 2 aromatic rings. The average molecular weight is 456 g/mol. The molecule has 1 aliphatic heterocycles. The summed E-state index contributed by atoms with van der Waals surface area (Å²) in [5.74, 6) is -0.555.